The van der Waals surface area contributed by atoms with Crippen molar-refractivity contribution in [2.24, 2.45) is 0 Å². The van der Waals surface area contributed by atoms with Crippen LogP contribution in [0.25, 0.3) is 16.6 Å². The second-order valence-corrected chi connectivity index (χ2v) is 9.07. The normalized spacial score (nSPS) is 14.3. The van der Waals surface area contributed by atoms with E-state index in [2.05, 4.69) is 35.6 Å². The molecule has 2 N–H and O–H groups in total. The first-order valence-corrected chi connectivity index (χ1v) is 11.9. The van der Waals surface area contributed by atoms with E-state index in [1.54, 1.807) is 16.0 Å². The van der Waals surface area contributed by atoms with Gasteiger partial charge in [0.1, 0.15) is 11.5 Å². The first kappa shape index (κ1) is 23.4. The van der Waals surface area contributed by atoms with Gasteiger partial charge in [-0.15, -0.1) is 16.4 Å². The zero-order valence-corrected chi connectivity index (χ0v) is 19.7. The number of carbonyl (C=O) groups excluding carboxylic acids is 1. The number of halogens is 3. The summed E-state index contributed by atoms with van der Waals surface area (Å²) in [7, 11) is 0. The number of amides is 1. The number of aromatic nitrogens is 7. The number of fused-ring (bicyclic) bond motifs is 2. The Labute approximate surface area is 202 Å². The molecule has 1 aliphatic rings. The smallest absolute Gasteiger partial charge is 0.346 e. The fourth-order valence-electron chi connectivity index (χ4n) is 3.93. The minimum atomic E-state index is -4.36. The van der Waals surface area contributed by atoms with E-state index in [-0.39, 0.29) is 43.5 Å². The monoisotopic (exact) mass is 503 g/mol. The highest BCUT2D eigenvalue weighted by molar-refractivity contribution is 7.13. The standard InChI is InChI=1S/C20H21BF3N9OS/c1-3-13-15(32-9-11(2)7-26-19(32)29-13)17(34)25-8-12-10-35-18(28-12)16-30-14-6-21(20(22,23)24)27-4-5-33(14)31-16/h7,9-10,27H,3-6,8H2,1-2H3,(H,25,34). The second kappa shape index (κ2) is 9.04. The lowest BCUT2D eigenvalue weighted by Crippen LogP contribution is -2.49. The van der Waals surface area contributed by atoms with Crippen LogP contribution in [0, 0.1) is 6.92 Å². The molecule has 10 nitrogen and oxygen atoms in total. The number of nitrogens with zero attached hydrogens (tertiary/aromatic N) is 7. The number of aryl methyl sites for hydroxylation is 2. The van der Waals surface area contributed by atoms with Gasteiger partial charge in [-0.2, -0.15) is 13.2 Å². The summed E-state index contributed by atoms with van der Waals surface area (Å²) in [5, 5.41) is 12.0. The van der Waals surface area contributed by atoms with Crippen LogP contribution in [0.15, 0.2) is 17.8 Å². The van der Waals surface area contributed by atoms with Crippen molar-refractivity contribution in [1.82, 2.24) is 44.7 Å². The summed E-state index contributed by atoms with van der Waals surface area (Å²) in [6.45, 7) is 2.75. The van der Waals surface area contributed by atoms with Gasteiger partial charge < -0.3 is 10.5 Å². The van der Waals surface area contributed by atoms with Crippen molar-refractivity contribution in [3.05, 3.63) is 46.2 Å². The van der Waals surface area contributed by atoms with Crippen LogP contribution >= 0.6 is 11.3 Å². The van der Waals surface area contributed by atoms with Crippen LogP contribution in [-0.4, -0.2) is 59.5 Å². The third kappa shape index (κ3) is 4.65. The van der Waals surface area contributed by atoms with Gasteiger partial charge in [0.25, 0.3) is 5.91 Å². The number of imidazole rings is 1. The van der Waals surface area contributed by atoms with Crippen molar-refractivity contribution in [3.8, 4) is 10.8 Å². The van der Waals surface area contributed by atoms with Gasteiger partial charge >= 0.3 is 12.9 Å². The number of alkyl halides is 3. The Morgan fingerprint density at radius 2 is 2.14 bits per heavy atom. The minimum absolute atomic E-state index is 0.146. The molecule has 0 saturated carbocycles. The van der Waals surface area contributed by atoms with E-state index >= 15 is 0 Å². The maximum Gasteiger partial charge on any atom is 0.363 e. The Morgan fingerprint density at radius 3 is 2.91 bits per heavy atom. The van der Waals surface area contributed by atoms with Crippen LogP contribution in [0.4, 0.5) is 13.2 Å². The molecule has 0 saturated heterocycles. The molecule has 0 radical (unpaired) electrons. The van der Waals surface area contributed by atoms with Gasteiger partial charge in [-0.05, 0) is 18.9 Å². The lowest BCUT2D eigenvalue weighted by molar-refractivity contribution is -0.0539. The third-order valence-electron chi connectivity index (χ3n) is 5.65. The summed E-state index contributed by atoms with van der Waals surface area (Å²) in [5.74, 6) is 0.707. The van der Waals surface area contributed by atoms with Gasteiger partial charge in [-0.1, -0.05) is 6.92 Å². The molecule has 0 fully saturated rings. The Bertz CT molecular complexity index is 1400. The van der Waals surface area contributed by atoms with Gasteiger partial charge in [-0.25, -0.2) is 24.6 Å². The molecule has 0 spiro atoms. The summed E-state index contributed by atoms with van der Waals surface area (Å²) >= 11 is 1.27. The Balaban J connectivity index is 1.31. The largest absolute Gasteiger partial charge is 0.363 e. The summed E-state index contributed by atoms with van der Waals surface area (Å²) < 4.78 is 42.7. The van der Waals surface area contributed by atoms with Gasteiger partial charge in [0.2, 0.25) is 11.6 Å². The van der Waals surface area contributed by atoms with E-state index < -0.39 is 12.9 Å². The SMILES string of the molecule is CCc1nc2ncc(C)cn2c1C(=O)NCc1csc(-c2nc3n(n2)CCNB(C(F)(F)F)C3)n1. The fraction of sp³-hybridized carbons (Fsp3) is 0.400. The van der Waals surface area contributed by atoms with Gasteiger partial charge in [0.15, 0.2) is 5.01 Å². The van der Waals surface area contributed by atoms with Crippen molar-refractivity contribution >= 4 is 29.9 Å². The number of carbonyl (C=O) groups is 1. The zero-order chi connectivity index (χ0) is 24.7. The Hall–Kier alpha value is -3.33. The predicted molar refractivity (Wildman–Crippen MR) is 123 cm³/mol. The summed E-state index contributed by atoms with van der Waals surface area (Å²) in [4.78, 5) is 30.5. The first-order valence-electron chi connectivity index (χ1n) is 11.0. The summed E-state index contributed by atoms with van der Waals surface area (Å²) in [6.07, 6.45) is -0.562. The molecule has 182 valence electrons. The predicted octanol–water partition coefficient (Wildman–Crippen LogP) is 2.02. The zero-order valence-electron chi connectivity index (χ0n) is 18.9. The summed E-state index contributed by atoms with van der Waals surface area (Å²) in [6, 6.07) is 0. The molecule has 0 unspecified atom stereocenters. The van der Waals surface area contributed by atoms with E-state index in [0.717, 1.165) is 5.56 Å². The molecule has 4 aromatic rings. The lowest BCUT2D eigenvalue weighted by Gasteiger charge is -2.14. The number of nitrogens with one attached hydrogen (secondary N) is 2. The van der Waals surface area contributed by atoms with E-state index in [4.69, 9.17) is 0 Å². The molecular weight excluding hydrogens is 482 g/mol. The van der Waals surface area contributed by atoms with Crippen molar-refractivity contribution in [2.75, 3.05) is 6.54 Å². The Morgan fingerprint density at radius 1 is 1.31 bits per heavy atom. The van der Waals surface area contributed by atoms with Crippen LogP contribution in [0.1, 0.15) is 40.2 Å². The molecule has 0 aromatic carbocycles. The van der Waals surface area contributed by atoms with Crippen LogP contribution < -0.4 is 10.5 Å². The Kier molecular flexibility index (Phi) is 6.05. The second-order valence-electron chi connectivity index (χ2n) is 8.22. The van der Waals surface area contributed by atoms with Crippen molar-refractivity contribution in [1.29, 1.82) is 0 Å². The molecule has 5 heterocycles. The quantitative estimate of drug-likeness (QED) is 0.401. The number of rotatable bonds is 5. The summed E-state index contributed by atoms with van der Waals surface area (Å²) in [5.41, 5.74) is 2.58. The average Bonchev–Trinajstić information content (AvgIpc) is 3.50. The molecule has 0 atom stereocenters. The molecule has 15 heteroatoms. The molecule has 0 bridgehead atoms. The van der Waals surface area contributed by atoms with Crippen LogP contribution in [-0.2, 0) is 25.8 Å². The van der Waals surface area contributed by atoms with Crippen LogP contribution in [0.5, 0.6) is 0 Å². The van der Waals surface area contributed by atoms with Crippen LogP contribution in [0.3, 0.4) is 0 Å². The van der Waals surface area contributed by atoms with Gasteiger partial charge in [-0.3, -0.25) is 9.20 Å². The maximum absolute atomic E-state index is 13.2. The third-order valence-corrected chi connectivity index (χ3v) is 6.54. The molecule has 5 rings (SSSR count). The van der Waals surface area contributed by atoms with Crippen molar-refractivity contribution < 1.29 is 18.0 Å². The number of hydrogen-bond acceptors (Lipinski definition) is 8. The molecule has 0 aliphatic carbocycles. The van der Waals surface area contributed by atoms with Crippen molar-refractivity contribution in [3.63, 3.8) is 0 Å². The van der Waals surface area contributed by atoms with E-state index in [1.165, 1.54) is 16.0 Å². The lowest BCUT2D eigenvalue weighted by atomic mass is 9.58. The highest BCUT2D eigenvalue weighted by Gasteiger charge is 2.45. The molecule has 1 amide bonds. The first-order chi connectivity index (χ1) is 16.7. The fourth-order valence-corrected chi connectivity index (χ4v) is 4.68. The van der Waals surface area contributed by atoms with E-state index in [9.17, 15) is 18.0 Å². The number of thiazole rings is 1. The molecule has 4 aromatic heterocycles. The van der Waals surface area contributed by atoms with E-state index in [0.29, 0.717) is 34.3 Å². The van der Waals surface area contributed by atoms with Crippen LogP contribution in [0.2, 0.25) is 0 Å². The molecule has 35 heavy (non-hydrogen) atoms. The highest BCUT2D eigenvalue weighted by Crippen LogP contribution is 2.25. The molecule has 1 aliphatic heterocycles. The van der Waals surface area contributed by atoms with Crippen molar-refractivity contribution in [2.45, 2.75) is 45.8 Å². The minimum Gasteiger partial charge on any atom is -0.346 e. The average molecular weight is 503 g/mol. The van der Waals surface area contributed by atoms with E-state index in [1.807, 2.05) is 20.0 Å². The molecular formula is C20H21BF3N9OS. The maximum atomic E-state index is 13.2. The van der Waals surface area contributed by atoms with Gasteiger partial charge in [0, 0.05) is 30.6 Å². The number of hydrogen-bond donors (Lipinski definition) is 2. The topological polar surface area (TPSA) is 115 Å². The van der Waals surface area contributed by atoms with Gasteiger partial charge in [0.05, 0.1) is 24.5 Å². The highest BCUT2D eigenvalue weighted by atomic mass is 32.1.